The molecule has 0 radical (unpaired) electrons. The summed E-state index contributed by atoms with van der Waals surface area (Å²) in [4.78, 5) is 4.38. The van der Waals surface area contributed by atoms with Crippen molar-refractivity contribution in [2.24, 2.45) is 5.73 Å². The van der Waals surface area contributed by atoms with Crippen LogP contribution in [0.3, 0.4) is 0 Å². The summed E-state index contributed by atoms with van der Waals surface area (Å²) in [5, 5.41) is 0.717. The minimum atomic E-state index is 0.629. The lowest BCUT2D eigenvalue weighted by molar-refractivity contribution is 0.966. The van der Waals surface area contributed by atoms with Crippen molar-refractivity contribution in [2.75, 3.05) is 6.54 Å². The van der Waals surface area contributed by atoms with E-state index in [1.165, 1.54) is 0 Å². The molecule has 4 heteroatoms. The van der Waals surface area contributed by atoms with Gasteiger partial charge in [-0.15, -0.1) is 0 Å². The van der Waals surface area contributed by atoms with E-state index in [9.17, 15) is 0 Å². The van der Waals surface area contributed by atoms with Crippen LogP contribution in [-0.4, -0.2) is 16.1 Å². The Morgan fingerprint density at radius 1 is 1.16 bits per heavy atom. The van der Waals surface area contributed by atoms with E-state index in [1.807, 2.05) is 41.0 Å². The molecule has 0 aliphatic carbocycles. The molecule has 0 fully saturated rings. The van der Waals surface area contributed by atoms with Crippen LogP contribution in [0, 0.1) is 0 Å². The van der Waals surface area contributed by atoms with Gasteiger partial charge >= 0.3 is 0 Å². The van der Waals surface area contributed by atoms with Gasteiger partial charge in [0.2, 0.25) is 0 Å². The molecule has 96 valence electrons. The number of para-hydroxylation sites is 2. The van der Waals surface area contributed by atoms with Gasteiger partial charge in [0.25, 0.3) is 0 Å². The van der Waals surface area contributed by atoms with E-state index in [-0.39, 0.29) is 0 Å². The Morgan fingerprint density at radius 2 is 2.00 bits per heavy atom. The van der Waals surface area contributed by atoms with Crippen molar-refractivity contribution in [2.45, 2.75) is 6.42 Å². The number of rotatable bonds is 3. The number of aromatic nitrogens is 2. The number of fused-ring (bicyclic) bond motifs is 1. The van der Waals surface area contributed by atoms with Crippen LogP contribution < -0.4 is 5.73 Å². The summed E-state index contributed by atoms with van der Waals surface area (Å²) in [6, 6.07) is 14.0. The number of benzene rings is 2. The molecule has 0 aliphatic rings. The van der Waals surface area contributed by atoms with Crippen molar-refractivity contribution >= 4 is 22.6 Å². The van der Waals surface area contributed by atoms with Crippen molar-refractivity contribution in [3.05, 3.63) is 59.4 Å². The SMILES string of the molecule is NCCc1ccc(-n2cnc3ccccc32)c(Cl)c1. The maximum Gasteiger partial charge on any atom is 0.100 e. The summed E-state index contributed by atoms with van der Waals surface area (Å²) in [5.74, 6) is 0. The van der Waals surface area contributed by atoms with Crippen LogP contribution in [0.4, 0.5) is 0 Å². The normalized spacial score (nSPS) is 11.1. The molecule has 3 rings (SSSR count). The molecule has 0 unspecified atom stereocenters. The van der Waals surface area contributed by atoms with E-state index >= 15 is 0 Å². The Hall–Kier alpha value is -1.84. The fourth-order valence-corrected chi connectivity index (χ4v) is 2.51. The quantitative estimate of drug-likeness (QED) is 0.795. The molecule has 3 aromatic rings. The van der Waals surface area contributed by atoms with Crippen LogP contribution in [-0.2, 0) is 6.42 Å². The zero-order chi connectivity index (χ0) is 13.2. The highest BCUT2D eigenvalue weighted by Gasteiger charge is 2.08. The molecule has 1 heterocycles. The first-order chi connectivity index (χ1) is 9.29. The number of nitrogens with zero attached hydrogens (tertiary/aromatic N) is 2. The predicted octanol–water partition coefficient (Wildman–Crippen LogP) is 3.18. The second-order valence-electron chi connectivity index (χ2n) is 4.43. The lowest BCUT2D eigenvalue weighted by Gasteiger charge is -2.08. The third kappa shape index (κ3) is 2.23. The summed E-state index contributed by atoms with van der Waals surface area (Å²) in [7, 11) is 0. The number of hydrogen-bond donors (Lipinski definition) is 1. The van der Waals surface area contributed by atoms with Crippen LogP contribution in [0.15, 0.2) is 48.8 Å². The third-order valence-electron chi connectivity index (χ3n) is 3.16. The minimum Gasteiger partial charge on any atom is -0.330 e. The average Bonchev–Trinajstić information content (AvgIpc) is 2.83. The highest BCUT2D eigenvalue weighted by Crippen LogP contribution is 2.25. The zero-order valence-corrected chi connectivity index (χ0v) is 11.1. The van der Waals surface area contributed by atoms with Gasteiger partial charge in [-0.3, -0.25) is 4.57 Å². The Kier molecular flexibility index (Phi) is 3.23. The van der Waals surface area contributed by atoms with Crippen molar-refractivity contribution in [1.29, 1.82) is 0 Å². The highest BCUT2D eigenvalue weighted by atomic mass is 35.5. The number of imidazole rings is 1. The largest absolute Gasteiger partial charge is 0.330 e. The standard InChI is InChI=1S/C15H14ClN3/c16-12-9-11(7-8-17)5-6-14(12)19-10-18-13-3-1-2-4-15(13)19/h1-6,9-10H,7-8,17H2. The first-order valence-corrected chi connectivity index (χ1v) is 6.58. The molecule has 0 atom stereocenters. The average molecular weight is 272 g/mol. The molecular formula is C15H14ClN3. The topological polar surface area (TPSA) is 43.8 Å². The number of hydrogen-bond acceptors (Lipinski definition) is 2. The maximum absolute atomic E-state index is 6.37. The summed E-state index contributed by atoms with van der Waals surface area (Å²) in [5.41, 5.74) is 9.67. The maximum atomic E-state index is 6.37. The van der Waals surface area contributed by atoms with Crippen LogP contribution >= 0.6 is 11.6 Å². The minimum absolute atomic E-state index is 0.629. The first kappa shape index (κ1) is 12.2. The van der Waals surface area contributed by atoms with Crippen molar-refractivity contribution in [3.8, 4) is 5.69 Å². The second kappa shape index (κ2) is 5.03. The van der Waals surface area contributed by atoms with E-state index in [4.69, 9.17) is 17.3 Å². The van der Waals surface area contributed by atoms with Gasteiger partial charge in [0, 0.05) is 0 Å². The van der Waals surface area contributed by atoms with Gasteiger partial charge in [0.1, 0.15) is 6.33 Å². The lowest BCUT2D eigenvalue weighted by Crippen LogP contribution is -2.03. The van der Waals surface area contributed by atoms with Gasteiger partial charge in [-0.1, -0.05) is 29.8 Å². The molecule has 0 amide bonds. The van der Waals surface area contributed by atoms with Crippen LogP contribution in [0.1, 0.15) is 5.56 Å². The second-order valence-corrected chi connectivity index (χ2v) is 4.83. The molecule has 0 bridgehead atoms. The van der Waals surface area contributed by atoms with E-state index in [2.05, 4.69) is 11.1 Å². The molecule has 0 saturated carbocycles. The molecule has 0 aliphatic heterocycles. The molecule has 1 aromatic heterocycles. The monoisotopic (exact) mass is 271 g/mol. The fraction of sp³-hybridized carbons (Fsp3) is 0.133. The van der Waals surface area contributed by atoms with Gasteiger partial charge in [-0.2, -0.15) is 0 Å². The molecule has 3 nitrogen and oxygen atoms in total. The van der Waals surface area contributed by atoms with Crippen molar-refractivity contribution in [3.63, 3.8) is 0 Å². The highest BCUT2D eigenvalue weighted by molar-refractivity contribution is 6.32. The molecule has 0 spiro atoms. The van der Waals surface area contributed by atoms with E-state index in [0.717, 1.165) is 28.7 Å². The summed E-state index contributed by atoms with van der Waals surface area (Å²) < 4.78 is 2.00. The molecule has 19 heavy (non-hydrogen) atoms. The van der Waals surface area contributed by atoms with E-state index in [0.29, 0.717) is 11.6 Å². The Balaban J connectivity index is 2.11. The van der Waals surface area contributed by atoms with Gasteiger partial charge in [-0.25, -0.2) is 4.98 Å². The summed E-state index contributed by atoms with van der Waals surface area (Å²) in [6.07, 6.45) is 2.64. The van der Waals surface area contributed by atoms with Gasteiger partial charge in [-0.05, 0) is 42.8 Å². The summed E-state index contributed by atoms with van der Waals surface area (Å²) >= 11 is 6.37. The molecule has 2 aromatic carbocycles. The Bertz CT molecular complexity index is 718. The molecule has 0 saturated heterocycles. The van der Waals surface area contributed by atoms with Gasteiger partial charge in [0.15, 0.2) is 0 Å². The predicted molar refractivity (Wildman–Crippen MR) is 78.8 cm³/mol. The van der Waals surface area contributed by atoms with E-state index in [1.54, 1.807) is 6.33 Å². The Labute approximate surface area is 116 Å². The van der Waals surface area contributed by atoms with Crippen LogP contribution in [0.25, 0.3) is 16.7 Å². The van der Waals surface area contributed by atoms with E-state index < -0.39 is 0 Å². The van der Waals surface area contributed by atoms with Crippen molar-refractivity contribution in [1.82, 2.24) is 9.55 Å². The summed E-state index contributed by atoms with van der Waals surface area (Å²) in [6.45, 7) is 0.629. The molecular weight excluding hydrogens is 258 g/mol. The third-order valence-corrected chi connectivity index (χ3v) is 3.46. The Morgan fingerprint density at radius 3 is 2.79 bits per heavy atom. The number of nitrogens with two attached hydrogens (primary N) is 1. The van der Waals surface area contributed by atoms with Gasteiger partial charge in [0.05, 0.1) is 21.7 Å². The first-order valence-electron chi connectivity index (χ1n) is 6.20. The molecule has 2 N–H and O–H groups in total. The smallest absolute Gasteiger partial charge is 0.100 e. The fourth-order valence-electron chi connectivity index (χ4n) is 2.22. The van der Waals surface area contributed by atoms with Gasteiger partial charge < -0.3 is 5.73 Å². The lowest BCUT2D eigenvalue weighted by atomic mass is 10.1. The van der Waals surface area contributed by atoms with Crippen molar-refractivity contribution < 1.29 is 0 Å². The number of halogens is 1. The van der Waals surface area contributed by atoms with Crippen LogP contribution in [0.5, 0.6) is 0 Å². The zero-order valence-electron chi connectivity index (χ0n) is 10.4. The van der Waals surface area contributed by atoms with Crippen LogP contribution in [0.2, 0.25) is 5.02 Å².